The number of aliphatic imine (C=N–C) groups is 1. The summed E-state index contributed by atoms with van der Waals surface area (Å²) in [5.74, 6) is 2.08. The van der Waals surface area contributed by atoms with Crippen LogP contribution in [0.2, 0.25) is 0 Å². The first-order chi connectivity index (χ1) is 20.3. The van der Waals surface area contributed by atoms with E-state index < -0.39 is 9.84 Å². The van der Waals surface area contributed by atoms with Gasteiger partial charge in [0.2, 0.25) is 0 Å². The van der Waals surface area contributed by atoms with Crippen LogP contribution < -0.4 is 20.6 Å². The Balaban J connectivity index is 1.17. The zero-order chi connectivity index (χ0) is 29.1. The summed E-state index contributed by atoms with van der Waals surface area (Å²) in [4.78, 5) is 17.7. The second-order valence-electron chi connectivity index (χ2n) is 9.82. The summed E-state index contributed by atoms with van der Waals surface area (Å²) in [6.07, 6.45) is 4.88. The van der Waals surface area contributed by atoms with Crippen molar-refractivity contribution in [2.45, 2.75) is 6.42 Å². The minimum atomic E-state index is -3.05. The average Bonchev–Trinajstić information content (AvgIpc) is 3.62. The van der Waals surface area contributed by atoms with Gasteiger partial charge in [0, 0.05) is 36.0 Å². The highest BCUT2D eigenvalue weighted by Crippen LogP contribution is 2.29. The Morgan fingerprint density at radius 2 is 1.93 bits per heavy atom. The minimum Gasteiger partial charge on any atom is -0.497 e. The number of ether oxygens (including phenoxy) is 1. The molecule has 0 saturated carbocycles. The molecule has 0 bridgehead atoms. The molecule has 0 radical (unpaired) electrons. The average molecular weight is 585 g/mol. The summed E-state index contributed by atoms with van der Waals surface area (Å²) in [6.45, 7) is 0.662. The summed E-state index contributed by atoms with van der Waals surface area (Å²) < 4.78 is 33.9. The number of nitrogens with one attached hydrogen (secondary N) is 2. The van der Waals surface area contributed by atoms with Crippen LogP contribution in [0, 0.1) is 0 Å². The second-order valence-corrected chi connectivity index (χ2v) is 12.1. The lowest BCUT2D eigenvalue weighted by atomic mass is 10.1. The fraction of sp³-hybridized carbons (Fsp3) is 0.207. The van der Waals surface area contributed by atoms with Crippen LogP contribution in [0.1, 0.15) is 11.5 Å². The first-order valence-electron chi connectivity index (χ1n) is 13.1. The van der Waals surface area contributed by atoms with Gasteiger partial charge >= 0.3 is 0 Å². The maximum Gasteiger partial charge on any atom is 0.199 e. The van der Waals surface area contributed by atoms with E-state index >= 15 is 0 Å². The number of rotatable bonds is 10. The maximum absolute atomic E-state index is 11.3. The first kappa shape index (κ1) is 27.1. The number of benzene rings is 3. The van der Waals surface area contributed by atoms with Crippen molar-refractivity contribution in [3.05, 3.63) is 78.4 Å². The van der Waals surface area contributed by atoms with E-state index in [0.717, 1.165) is 39.1 Å². The number of anilines is 3. The van der Waals surface area contributed by atoms with Crippen LogP contribution >= 0.6 is 0 Å². The molecule has 5 aromatic rings. The van der Waals surface area contributed by atoms with Crippen LogP contribution in [0.5, 0.6) is 5.75 Å². The van der Waals surface area contributed by atoms with E-state index in [9.17, 15) is 8.42 Å². The Bertz CT molecular complexity index is 1920. The number of hydrogen-bond acceptors (Lipinski definition) is 12. The lowest BCUT2D eigenvalue weighted by Gasteiger charge is -2.18. The number of methoxy groups -OCH3 is 1. The molecule has 42 heavy (non-hydrogen) atoms. The quantitative estimate of drug-likeness (QED) is 0.232. The van der Waals surface area contributed by atoms with Gasteiger partial charge in [0.25, 0.3) is 0 Å². The Hall–Kier alpha value is -5.04. The molecule has 2 aromatic heterocycles. The number of hydrazine groups is 1. The number of oxazole rings is 1. The lowest BCUT2D eigenvalue weighted by Crippen LogP contribution is -2.31. The van der Waals surface area contributed by atoms with Crippen molar-refractivity contribution in [3.63, 3.8) is 0 Å². The standard InChI is InChI=1S/C29H28N8O4S/c1-40-23-7-3-19(4-8-23)13-28-34-26-9-5-20(14-27(26)41-28)33-29-24-15-22(6-10-25(24)31-18-32-29)37-17-21(35-36-37)16-30-11-12-42(2,38)39/h3-10,14-16,18,36H,11-13,17H2,1-2H3,(H,31,32,33). The van der Waals surface area contributed by atoms with Crippen LogP contribution in [0.4, 0.5) is 17.2 Å². The Kier molecular flexibility index (Phi) is 7.40. The molecule has 1 aliphatic heterocycles. The topological polar surface area (TPSA) is 147 Å². The Labute approximate surface area is 242 Å². The smallest absolute Gasteiger partial charge is 0.199 e. The molecule has 214 valence electrons. The van der Waals surface area contributed by atoms with E-state index in [0.29, 0.717) is 36.0 Å². The molecular weight excluding hydrogens is 556 g/mol. The maximum atomic E-state index is 11.3. The summed E-state index contributed by atoms with van der Waals surface area (Å²) >= 11 is 0. The molecular formula is C29H28N8O4S. The molecule has 12 nitrogen and oxygen atoms in total. The highest BCUT2D eigenvalue weighted by Gasteiger charge is 2.17. The number of aromatic nitrogens is 3. The third-order valence-electron chi connectivity index (χ3n) is 6.61. The van der Waals surface area contributed by atoms with Gasteiger partial charge < -0.3 is 14.5 Å². The van der Waals surface area contributed by atoms with E-state index in [1.54, 1.807) is 13.3 Å². The molecule has 0 unspecified atom stereocenters. The van der Waals surface area contributed by atoms with Crippen LogP contribution in [-0.4, -0.2) is 67.5 Å². The largest absolute Gasteiger partial charge is 0.497 e. The van der Waals surface area contributed by atoms with E-state index in [1.807, 2.05) is 65.7 Å². The molecule has 0 spiro atoms. The molecule has 0 saturated heterocycles. The monoisotopic (exact) mass is 584 g/mol. The van der Waals surface area contributed by atoms with Crippen LogP contribution in [0.25, 0.3) is 22.0 Å². The van der Waals surface area contributed by atoms with Gasteiger partial charge in [-0.1, -0.05) is 12.1 Å². The third-order valence-corrected chi connectivity index (χ3v) is 7.53. The van der Waals surface area contributed by atoms with Gasteiger partial charge in [0.1, 0.15) is 39.0 Å². The SMILES string of the molecule is COc1ccc(Cc2nc3ccc(Nc4ncnc5ccc(N6CC(C=NCCS(C)(=O)=O)=NN6)cc45)cc3o2)cc1. The number of sulfone groups is 1. The van der Waals surface area contributed by atoms with E-state index in [-0.39, 0.29) is 12.3 Å². The van der Waals surface area contributed by atoms with Crippen molar-refractivity contribution >= 4 is 61.0 Å². The highest BCUT2D eigenvalue weighted by molar-refractivity contribution is 7.90. The Morgan fingerprint density at radius 1 is 1.10 bits per heavy atom. The van der Waals surface area contributed by atoms with E-state index in [4.69, 9.17) is 9.15 Å². The molecule has 3 aromatic carbocycles. The van der Waals surface area contributed by atoms with Gasteiger partial charge in [0.15, 0.2) is 11.5 Å². The predicted molar refractivity (Wildman–Crippen MR) is 164 cm³/mol. The van der Waals surface area contributed by atoms with Crippen molar-refractivity contribution in [1.82, 2.24) is 20.5 Å². The van der Waals surface area contributed by atoms with Crippen molar-refractivity contribution < 1.29 is 17.6 Å². The van der Waals surface area contributed by atoms with Gasteiger partial charge in [0.05, 0.1) is 37.2 Å². The molecule has 3 heterocycles. The molecule has 0 atom stereocenters. The highest BCUT2D eigenvalue weighted by atomic mass is 32.2. The van der Waals surface area contributed by atoms with Gasteiger partial charge in [-0.15, -0.1) is 0 Å². The van der Waals surface area contributed by atoms with Gasteiger partial charge in [-0.3, -0.25) is 10.0 Å². The molecule has 2 N–H and O–H groups in total. The van der Waals surface area contributed by atoms with Crippen molar-refractivity contribution in [2.75, 3.05) is 42.5 Å². The van der Waals surface area contributed by atoms with Crippen LogP contribution in [0.3, 0.4) is 0 Å². The van der Waals surface area contributed by atoms with Crippen LogP contribution in [-0.2, 0) is 16.3 Å². The molecule has 0 fully saturated rings. The minimum absolute atomic E-state index is 0.00258. The summed E-state index contributed by atoms with van der Waals surface area (Å²) in [7, 11) is -1.41. The molecule has 0 amide bonds. The molecule has 1 aliphatic rings. The van der Waals surface area contributed by atoms with Crippen molar-refractivity contribution in [2.24, 2.45) is 10.1 Å². The molecule has 0 aliphatic carbocycles. The fourth-order valence-corrected chi connectivity index (χ4v) is 4.89. The fourth-order valence-electron chi connectivity index (χ4n) is 4.46. The zero-order valence-electron chi connectivity index (χ0n) is 23.0. The summed E-state index contributed by atoms with van der Waals surface area (Å²) in [5, 5.41) is 10.4. The zero-order valence-corrected chi connectivity index (χ0v) is 23.8. The van der Waals surface area contributed by atoms with Gasteiger partial charge in [-0.2, -0.15) is 5.10 Å². The van der Waals surface area contributed by atoms with Crippen molar-refractivity contribution in [1.29, 1.82) is 0 Å². The number of fused-ring (bicyclic) bond motifs is 2. The summed E-state index contributed by atoms with van der Waals surface area (Å²) in [6, 6.07) is 19.4. The summed E-state index contributed by atoms with van der Waals surface area (Å²) in [5.41, 5.74) is 8.64. The normalized spacial score (nSPS) is 13.6. The van der Waals surface area contributed by atoms with Crippen LogP contribution in [0.15, 0.2) is 81.5 Å². The third kappa shape index (κ3) is 6.31. The van der Waals surface area contributed by atoms with Crippen molar-refractivity contribution in [3.8, 4) is 5.75 Å². The molecule has 6 rings (SSSR count). The molecule has 13 heteroatoms. The predicted octanol–water partition coefficient (Wildman–Crippen LogP) is 3.91. The number of hydrazone groups is 1. The number of hydrogen-bond donors (Lipinski definition) is 2. The van der Waals surface area contributed by atoms with Gasteiger partial charge in [-0.25, -0.2) is 28.9 Å². The van der Waals surface area contributed by atoms with Gasteiger partial charge in [-0.05, 0) is 48.0 Å². The Morgan fingerprint density at radius 3 is 2.74 bits per heavy atom. The lowest BCUT2D eigenvalue weighted by molar-refractivity contribution is 0.414. The van der Waals surface area contributed by atoms with E-state index in [1.165, 1.54) is 12.6 Å². The first-order valence-corrected chi connectivity index (χ1v) is 15.2. The second kappa shape index (κ2) is 11.4. The number of nitrogens with zero attached hydrogens (tertiary/aromatic N) is 6. The van der Waals surface area contributed by atoms with E-state index in [2.05, 4.69) is 35.9 Å².